The number of nitrogens with zero attached hydrogens (tertiary/aromatic N) is 2. The normalized spacial score (nSPS) is 10.7. The Balaban J connectivity index is 2.42. The van der Waals surface area contributed by atoms with Crippen molar-refractivity contribution in [2.45, 2.75) is 19.2 Å². The summed E-state index contributed by atoms with van der Waals surface area (Å²) in [6.07, 6.45) is 0. The number of ether oxygens (including phenoxy) is 1. The molecule has 1 aromatic heterocycles. The van der Waals surface area contributed by atoms with Gasteiger partial charge in [-0.05, 0) is 26.0 Å². The molecule has 0 unspecified atom stereocenters. The lowest BCUT2D eigenvalue weighted by Crippen LogP contribution is -1.94. The van der Waals surface area contributed by atoms with Gasteiger partial charge in [0.15, 0.2) is 5.75 Å². The Morgan fingerprint density at radius 1 is 1.33 bits per heavy atom. The van der Waals surface area contributed by atoms with Gasteiger partial charge in [0.05, 0.1) is 5.69 Å². The van der Waals surface area contributed by atoms with Crippen LogP contribution in [0.5, 0.6) is 11.5 Å². The smallest absolute Gasteiger partial charge is 0.171 e. The fourth-order valence-electron chi connectivity index (χ4n) is 1.75. The maximum absolute atomic E-state index is 6.02. The fourth-order valence-corrected chi connectivity index (χ4v) is 2.55. The maximum atomic E-state index is 6.02. The topological polar surface area (TPSA) is 27.1 Å². The lowest BCUT2D eigenvalue weighted by molar-refractivity contribution is 0.470. The molecule has 0 spiro atoms. The van der Waals surface area contributed by atoms with Crippen LogP contribution in [0.4, 0.5) is 0 Å². The Kier molecular flexibility index (Phi) is 4.12. The van der Waals surface area contributed by atoms with E-state index in [1.54, 1.807) is 0 Å². The van der Waals surface area contributed by atoms with Gasteiger partial charge in [0, 0.05) is 22.4 Å². The van der Waals surface area contributed by atoms with Crippen molar-refractivity contribution in [2.24, 2.45) is 7.05 Å². The molecule has 0 saturated heterocycles. The summed E-state index contributed by atoms with van der Waals surface area (Å²) in [5, 5.41) is 5.11. The summed E-state index contributed by atoms with van der Waals surface area (Å²) in [7, 11) is 1.92. The molecule has 2 aromatic rings. The monoisotopic (exact) mass is 372 g/mol. The Labute approximate surface area is 123 Å². The molecule has 0 radical (unpaired) electrons. The Morgan fingerprint density at radius 2 is 2.06 bits per heavy atom. The largest absolute Gasteiger partial charge is 0.453 e. The molecule has 0 fully saturated rings. The molecule has 1 heterocycles. The number of hydrogen-bond acceptors (Lipinski definition) is 2. The molecule has 0 bridgehead atoms. The van der Waals surface area contributed by atoms with Gasteiger partial charge in [0.25, 0.3) is 0 Å². The summed E-state index contributed by atoms with van der Waals surface area (Å²) >= 11 is 6.94. The second-order valence-corrected chi connectivity index (χ2v) is 5.59. The first-order valence-corrected chi connectivity index (χ1v) is 7.46. The van der Waals surface area contributed by atoms with E-state index >= 15 is 0 Å². The van der Waals surface area contributed by atoms with Crippen molar-refractivity contribution in [3.63, 3.8) is 0 Å². The van der Waals surface area contributed by atoms with E-state index in [1.165, 1.54) is 0 Å². The molecule has 0 atom stereocenters. The third kappa shape index (κ3) is 2.62. The van der Waals surface area contributed by atoms with Gasteiger partial charge >= 0.3 is 0 Å². The van der Waals surface area contributed by atoms with E-state index < -0.39 is 0 Å². The van der Waals surface area contributed by atoms with Gasteiger partial charge in [0.1, 0.15) is 11.4 Å². The second-order valence-electron chi connectivity index (χ2n) is 4.11. The van der Waals surface area contributed by atoms with Crippen molar-refractivity contribution < 1.29 is 4.74 Å². The van der Waals surface area contributed by atoms with Crippen molar-refractivity contribution in [1.29, 1.82) is 0 Å². The van der Waals surface area contributed by atoms with E-state index in [1.807, 2.05) is 43.8 Å². The van der Waals surface area contributed by atoms with E-state index in [0.717, 1.165) is 38.3 Å². The van der Waals surface area contributed by atoms with Gasteiger partial charge < -0.3 is 4.74 Å². The highest BCUT2D eigenvalue weighted by molar-refractivity contribution is 9.10. The van der Waals surface area contributed by atoms with Crippen LogP contribution in [0.25, 0.3) is 0 Å². The SMILES string of the molecule is Cc1nn(C)c(C)c1Oc1cc(Br)ccc1CBr. The number of alkyl halides is 1. The molecule has 1 aromatic carbocycles. The van der Waals surface area contributed by atoms with E-state index in [9.17, 15) is 0 Å². The molecule has 0 aliphatic carbocycles. The van der Waals surface area contributed by atoms with Crippen LogP contribution in [-0.4, -0.2) is 9.78 Å². The minimum absolute atomic E-state index is 0.758. The molecule has 3 nitrogen and oxygen atoms in total. The number of aryl methyl sites for hydroxylation is 2. The highest BCUT2D eigenvalue weighted by atomic mass is 79.9. The zero-order valence-corrected chi connectivity index (χ0v) is 13.7. The van der Waals surface area contributed by atoms with Crippen LogP contribution >= 0.6 is 31.9 Å². The van der Waals surface area contributed by atoms with Crippen LogP contribution in [0, 0.1) is 13.8 Å². The predicted molar refractivity (Wildman–Crippen MR) is 79.5 cm³/mol. The molecule has 96 valence electrons. The van der Waals surface area contributed by atoms with Crippen molar-refractivity contribution in [3.05, 3.63) is 39.6 Å². The summed E-state index contributed by atoms with van der Waals surface area (Å²) in [6, 6.07) is 6.02. The number of halogens is 2. The van der Waals surface area contributed by atoms with Crippen molar-refractivity contribution >= 4 is 31.9 Å². The average molecular weight is 374 g/mol. The van der Waals surface area contributed by atoms with Gasteiger partial charge in [-0.25, -0.2) is 0 Å². The summed E-state index contributed by atoms with van der Waals surface area (Å²) < 4.78 is 8.85. The van der Waals surface area contributed by atoms with Gasteiger partial charge in [-0.15, -0.1) is 0 Å². The molecular weight excluding hydrogens is 360 g/mol. The number of rotatable bonds is 3. The third-order valence-corrected chi connectivity index (χ3v) is 3.93. The maximum Gasteiger partial charge on any atom is 0.171 e. The van der Waals surface area contributed by atoms with Gasteiger partial charge in [-0.2, -0.15) is 5.10 Å². The minimum atomic E-state index is 0.758. The fraction of sp³-hybridized carbons (Fsp3) is 0.308. The number of hydrogen-bond donors (Lipinski definition) is 0. The van der Waals surface area contributed by atoms with Crippen LogP contribution in [0.2, 0.25) is 0 Å². The van der Waals surface area contributed by atoms with E-state index in [-0.39, 0.29) is 0 Å². The Hall–Kier alpha value is -0.810. The zero-order chi connectivity index (χ0) is 13.3. The Morgan fingerprint density at radius 3 is 2.61 bits per heavy atom. The molecule has 18 heavy (non-hydrogen) atoms. The van der Waals surface area contributed by atoms with Crippen LogP contribution in [0.1, 0.15) is 17.0 Å². The van der Waals surface area contributed by atoms with Gasteiger partial charge in [-0.1, -0.05) is 37.9 Å². The van der Waals surface area contributed by atoms with Crippen LogP contribution < -0.4 is 4.74 Å². The standard InChI is InChI=1S/C13H14Br2N2O/c1-8-13(9(2)17(3)16-8)18-12-6-11(15)5-4-10(12)7-14/h4-6H,7H2,1-3H3. The average Bonchev–Trinajstić information content (AvgIpc) is 2.56. The molecule has 0 aliphatic rings. The summed E-state index contributed by atoms with van der Waals surface area (Å²) in [6.45, 7) is 3.95. The van der Waals surface area contributed by atoms with Crippen LogP contribution in [0.3, 0.4) is 0 Å². The van der Waals surface area contributed by atoms with Crippen molar-refractivity contribution in [1.82, 2.24) is 9.78 Å². The summed E-state index contributed by atoms with van der Waals surface area (Å²) in [5.41, 5.74) is 3.03. The van der Waals surface area contributed by atoms with Crippen LogP contribution in [-0.2, 0) is 12.4 Å². The van der Waals surface area contributed by atoms with E-state index in [2.05, 4.69) is 37.0 Å². The summed E-state index contributed by atoms with van der Waals surface area (Å²) in [5.74, 6) is 1.68. The van der Waals surface area contributed by atoms with Crippen molar-refractivity contribution in [3.8, 4) is 11.5 Å². The first kappa shape index (κ1) is 13.6. The lowest BCUT2D eigenvalue weighted by Gasteiger charge is -2.10. The highest BCUT2D eigenvalue weighted by Crippen LogP contribution is 2.33. The molecule has 0 saturated carbocycles. The van der Waals surface area contributed by atoms with Crippen LogP contribution in [0.15, 0.2) is 22.7 Å². The first-order valence-electron chi connectivity index (χ1n) is 5.55. The van der Waals surface area contributed by atoms with Crippen molar-refractivity contribution in [2.75, 3.05) is 0 Å². The van der Waals surface area contributed by atoms with Gasteiger partial charge in [-0.3, -0.25) is 4.68 Å². The minimum Gasteiger partial charge on any atom is -0.453 e. The number of benzene rings is 1. The molecule has 5 heteroatoms. The zero-order valence-electron chi connectivity index (χ0n) is 10.5. The molecule has 0 N–H and O–H groups in total. The molecule has 0 amide bonds. The molecule has 0 aliphatic heterocycles. The lowest BCUT2D eigenvalue weighted by atomic mass is 10.2. The number of aromatic nitrogens is 2. The predicted octanol–water partition coefficient (Wildman–Crippen LogP) is 4.49. The van der Waals surface area contributed by atoms with E-state index in [0.29, 0.717) is 0 Å². The highest BCUT2D eigenvalue weighted by Gasteiger charge is 2.13. The Bertz CT molecular complexity index is 579. The second kappa shape index (κ2) is 5.45. The molecule has 2 rings (SSSR count). The molecular formula is C13H14Br2N2O. The first-order chi connectivity index (χ1) is 8.52. The summed E-state index contributed by atoms with van der Waals surface area (Å²) in [4.78, 5) is 0. The quantitative estimate of drug-likeness (QED) is 0.741. The van der Waals surface area contributed by atoms with E-state index in [4.69, 9.17) is 4.74 Å². The third-order valence-electron chi connectivity index (χ3n) is 2.83. The van der Waals surface area contributed by atoms with Gasteiger partial charge in [0.2, 0.25) is 0 Å².